The lowest BCUT2D eigenvalue weighted by Crippen LogP contribution is -2.22. The highest BCUT2D eigenvalue weighted by Gasteiger charge is 1.99. The fourth-order valence-electron chi connectivity index (χ4n) is 0.575. The summed E-state index contributed by atoms with van der Waals surface area (Å²) < 4.78 is 0. The molecule has 0 bridgehead atoms. The third kappa shape index (κ3) is 2.28. The van der Waals surface area contributed by atoms with Gasteiger partial charge in [0, 0.05) is 6.20 Å². The summed E-state index contributed by atoms with van der Waals surface area (Å²) in [5.74, 6) is 0. The molecule has 5 heteroatoms. The van der Waals surface area contributed by atoms with E-state index < -0.39 is 0 Å². The molecule has 1 aromatic rings. The Morgan fingerprint density at radius 2 is 2.73 bits per heavy atom. The van der Waals surface area contributed by atoms with E-state index in [1.54, 1.807) is 12.3 Å². The summed E-state index contributed by atoms with van der Waals surface area (Å²) in [7, 11) is 0. The highest BCUT2D eigenvalue weighted by molar-refractivity contribution is 7.80. The average molecular weight is 171 g/mol. The van der Waals surface area contributed by atoms with E-state index in [4.69, 9.17) is 17.1 Å². The fourth-order valence-corrected chi connectivity index (χ4v) is 0.748. The van der Waals surface area contributed by atoms with E-state index in [0.717, 1.165) is 5.69 Å². The molecule has 11 heavy (non-hydrogen) atoms. The van der Waals surface area contributed by atoms with Crippen LogP contribution in [0.25, 0.3) is 0 Å². The number of thiocarbonyl (C=S) groups is 1. The standard InChI is InChI=1S/C6H9N3OS/c1-2-10-9-6(11)5-3-4-7-8-5/h3-4H,2H2,1H3,(H,7,8)(H,9,11). The van der Waals surface area contributed by atoms with Crippen molar-refractivity contribution in [3.8, 4) is 0 Å². The molecular weight excluding hydrogens is 162 g/mol. The van der Waals surface area contributed by atoms with E-state index >= 15 is 0 Å². The molecule has 0 amide bonds. The lowest BCUT2D eigenvalue weighted by atomic mass is 10.4. The summed E-state index contributed by atoms with van der Waals surface area (Å²) in [5.41, 5.74) is 3.35. The first-order valence-corrected chi connectivity index (χ1v) is 3.67. The molecule has 0 radical (unpaired) electrons. The molecule has 2 N–H and O–H groups in total. The summed E-state index contributed by atoms with van der Waals surface area (Å²) in [6.07, 6.45) is 1.63. The van der Waals surface area contributed by atoms with E-state index in [-0.39, 0.29) is 0 Å². The van der Waals surface area contributed by atoms with Gasteiger partial charge in [-0.1, -0.05) is 12.2 Å². The van der Waals surface area contributed by atoms with Crippen LogP contribution in [0.1, 0.15) is 12.6 Å². The minimum atomic E-state index is 0.518. The highest BCUT2D eigenvalue weighted by atomic mass is 32.1. The van der Waals surface area contributed by atoms with Gasteiger partial charge in [0.15, 0.2) is 0 Å². The van der Waals surface area contributed by atoms with Crippen molar-refractivity contribution in [1.82, 2.24) is 15.7 Å². The van der Waals surface area contributed by atoms with Crippen LogP contribution < -0.4 is 5.48 Å². The molecule has 0 atom stereocenters. The van der Waals surface area contributed by atoms with E-state index in [2.05, 4.69) is 15.7 Å². The lowest BCUT2D eigenvalue weighted by molar-refractivity contribution is 0.0989. The predicted molar refractivity (Wildman–Crippen MR) is 45.0 cm³/mol. The van der Waals surface area contributed by atoms with Crippen LogP contribution in [-0.2, 0) is 4.84 Å². The summed E-state index contributed by atoms with van der Waals surface area (Å²) in [6, 6.07) is 1.77. The number of hydrogen-bond donors (Lipinski definition) is 2. The second-order valence-electron chi connectivity index (χ2n) is 1.83. The number of nitrogens with zero attached hydrogens (tertiary/aromatic N) is 1. The van der Waals surface area contributed by atoms with Gasteiger partial charge in [-0.05, 0) is 13.0 Å². The quantitative estimate of drug-likeness (QED) is 0.517. The monoisotopic (exact) mass is 171 g/mol. The number of aromatic nitrogens is 2. The lowest BCUT2D eigenvalue weighted by Gasteiger charge is -2.02. The Balaban J connectivity index is 2.43. The smallest absolute Gasteiger partial charge is 0.148 e. The van der Waals surface area contributed by atoms with Gasteiger partial charge in [0.2, 0.25) is 0 Å². The molecule has 1 aromatic heterocycles. The van der Waals surface area contributed by atoms with Crippen molar-refractivity contribution in [3.05, 3.63) is 18.0 Å². The van der Waals surface area contributed by atoms with Crippen LogP contribution in [0.4, 0.5) is 0 Å². The number of hydrogen-bond acceptors (Lipinski definition) is 3. The molecule has 1 heterocycles. The minimum Gasteiger partial charge on any atom is -0.276 e. The number of nitrogens with one attached hydrogen (secondary N) is 2. The number of hydroxylamine groups is 1. The van der Waals surface area contributed by atoms with Crippen LogP contribution in [0, 0.1) is 0 Å². The maximum absolute atomic E-state index is 4.93. The third-order valence-corrected chi connectivity index (χ3v) is 1.36. The Morgan fingerprint density at radius 1 is 1.91 bits per heavy atom. The van der Waals surface area contributed by atoms with Gasteiger partial charge < -0.3 is 0 Å². The van der Waals surface area contributed by atoms with Crippen molar-refractivity contribution in [2.24, 2.45) is 0 Å². The van der Waals surface area contributed by atoms with Crippen LogP contribution in [0.15, 0.2) is 12.3 Å². The Kier molecular flexibility index (Phi) is 3.00. The van der Waals surface area contributed by atoms with E-state index in [1.807, 2.05) is 6.92 Å². The zero-order chi connectivity index (χ0) is 8.10. The highest BCUT2D eigenvalue weighted by Crippen LogP contribution is 1.91. The molecule has 0 saturated heterocycles. The van der Waals surface area contributed by atoms with Crippen LogP contribution in [0.5, 0.6) is 0 Å². The molecule has 60 valence electrons. The Bertz CT molecular complexity index is 222. The van der Waals surface area contributed by atoms with E-state index in [0.29, 0.717) is 11.6 Å². The molecule has 0 aliphatic rings. The van der Waals surface area contributed by atoms with Gasteiger partial charge >= 0.3 is 0 Å². The second kappa shape index (κ2) is 4.05. The molecule has 0 aliphatic heterocycles. The van der Waals surface area contributed by atoms with Gasteiger partial charge in [-0.15, -0.1) is 0 Å². The van der Waals surface area contributed by atoms with Crippen molar-refractivity contribution in [1.29, 1.82) is 0 Å². The summed E-state index contributed by atoms with van der Waals surface area (Å²) in [6.45, 7) is 2.46. The largest absolute Gasteiger partial charge is 0.276 e. The Hall–Kier alpha value is -0.940. The number of rotatable bonds is 3. The molecule has 0 spiro atoms. The van der Waals surface area contributed by atoms with Crippen LogP contribution in [-0.4, -0.2) is 21.8 Å². The topological polar surface area (TPSA) is 49.9 Å². The van der Waals surface area contributed by atoms with Gasteiger partial charge in [0.25, 0.3) is 0 Å². The molecule has 1 rings (SSSR count). The van der Waals surface area contributed by atoms with E-state index in [9.17, 15) is 0 Å². The summed E-state index contributed by atoms with van der Waals surface area (Å²) >= 11 is 4.93. The molecular formula is C6H9N3OS. The van der Waals surface area contributed by atoms with Crippen molar-refractivity contribution in [2.75, 3.05) is 6.61 Å². The van der Waals surface area contributed by atoms with Gasteiger partial charge in [-0.25, -0.2) is 0 Å². The molecule has 0 saturated carbocycles. The predicted octanol–water partition coefficient (Wildman–Crippen LogP) is 0.626. The third-order valence-electron chi connectivity index (χ3n) is 1.05. The van der Waals surface area contributed by atoms with Crippen LogP contribution >= 0.6 is 12.2 Å². The number of aromatic amines is 1. The Labute approximate surface area is 69.9 Å². The van der Waals surface area contributed by atoms with Gasteiger partial charge in [0.05, 0.1) is 12.3 Å². The van der Waals surface area contributed by atoms with Crippen molar-refractivity contribution in [2.45, 2.75) is 6.92 Å². The normalized spacial score (nSPS) is 9.55. The van der Waals surface area contributed by atoms with Crippen molar-refractivity contribution in [3.63, 3.8) is 0 Å². The minimum absolute atomic E-state index is 0.518. The van der Waals surface area contributed by atoms with Crippen molar-refractivity contribution < 1.29 is 4.84 Å². The Morgan fingerprint density at radius 3 is 3.27 bits per heavy atom. The zero-order valence-corrected chi connectivity index (χ0v) is 6.94. The first-order chi connectivity index (χ1) is 5.34. The van der Waals surface area contributed by atoms with Crippen molar-refractivity contribution >= 4 is 17.2 Å². The fraction of sp³-hybridized carbons (Fsp3) is 0.333. The van der Waals surface area contributed by atoms with E-state index in [1.165, 1.54) is 0 Å². The second-order valence-corrected chi connectivity index (χ2v) is 2.24. The molecule has 0 aromatic carbocycles. The van der Waals surface area contributed by atoms with Gasteiger partial charge in [0.1, 0.15) is 4.99 Å². The summed E-state index contributed by atoms with van der Waals surface area (Å²) in [4.78, 5) is 5.40. The van der Waals surface area contributed by atoms with Crippen LogP contribution in [0.2, 0.25) is 0 Å². The maximum Gasteiger partial charge on any atom is 0.148 e. The van der Waals surface area contributed by atoms with Crippen LogP contribution in [0.3, 0.4) is 0 Å². The molecule has 0 aliphatic carbocycles. The molecule has 4 nitrogen and oxygen atoms in total. The molecule has 0 unspecified atom stereocenters. The number of H-pyrrole nitrogens is 1. The first-order valence-electron chi connectivity index (χ1n) is 3.26. The molecule has 0 fully saturated rings. The maximum atomic E-state index is 4.93. The SMILES string of the molecule is CCONC(=S)c1ccn[nH]1. The first kappa shape index (κ1) is 8.16. The zero-order valence-electron chi connectivity index (χ0n) is 6.13. The average Bonchev–Trinajstić information content (AvgIpc) is 2.52. The van der Waals surface area contributed by atoms with Gasteiger partial charge in [-0.3, -0.25) is 15.4 Å². The summed E-state index contributed by atoms with van der Waals surface area (Å²) in [5, 5.41) is 6.46. The van der Waals surface area contributed by atoms with Gasteiger partial charge in [-0.2, -0.15) is 5.10 Å².